The predicted octanol–water partition coefficient (Wildman–Crippen LogP) is 2.65. The summed E-state index contributed by atoms with van der Waals surface area (Å²) in [6.45, 7) is 3.98. The predicted molar refractivity (Wildman–Crippen MR) is 99.3 cm³/mol. The number of carbonyl (C=O) groups excluding carboxylic acids is 2. The van der Waals surface area contributed by atoms with E-state index in [-0.39, 0.29) is 11.3 Å². The normalized spacial score (nSPS) is 15.8. The molecule has 0 radical (unpaired) electrons. The van der Waals surface area contributed by atoms with Gasteiger partial charge in [0, 0.05) is 22.1 Å². The lowest BCUT2D eigenvalue weighted by molar-refractivity contribution is -0.112. The highest BCUT2D eigenvalue weighted by molar-refractivity contribution is 6.06. The second kappa shape index (κ2) is 6.51. The first-order chi connectivity index (χ1) is 12.3. The van der Waals surface area contributed by atoms with Crippen LogP contribution in [0.2, 0.25) is 0 Å². The topological polar surface area (TPSA) is 110 Å². The van der Waals surface area contributed by atoms with Crippen molar-refractivity contribution >= 4 is 28.6 Å². The molecule has 7 heteroatoms. The molecule has 0 spiro atoms. The van der Waals surface area contributed by atoms with E-state index in [1.165, 1.54) is 13.3 Å². The van der Waals surface area contributed by atoms with Gasteiger partial charge in [-0.2, -0.15) is 0 Å². The van der Waals surface area contributed by atoms with Crippen molar-refractivity contribution in [1.29, 1.82) is 0 Å². The Bertz CT molecular complexity index is 980. The van der Waals surface area contributed by atoms with Crippen LogP contribution in [0, 0.1) is 5.41 Å². The zero-order chi connectivity index (χ0) is 18.9. The maximum atomic E-state index is 12.6. The molecule has 1 amide bonds. The molecule has 26 heavy (non-hydrogen) atoms. The number of rotatable bonds is 3. The minimum absolute atomic E-state index is 0.283. The van der Waals surface area contributed by atoms with Gasteiger partial charge in [0.15, 0.2) is 0 Å². The third-order valence-electron chi connectivity index (χ3n) is 3.95. The minimum Gasteiger partial charge on any atom is -0.464 e. The fourth-order valence-electron chi connectivity index (χ4n) is 2.67. The zero-order valence-electron chi connectivity index (χ0n) is 14.8. The van der Waals surface area contributed by atoms with Gasteiger partial charge in [0.05, 0.1) is 19.0 Å². The second-order valence-corrected chi connectivity index (χ2v) is 6.69. The summed E-state index contributed by atoms with van der Waals surface area (Å²) < 4.78 is 4.68. The summed E-state index contributed by atoms with van der Waals surface area (Å²) in [7, 11) is 1.31. The number of esters is 1. The van der Waals surface area contributed by atoms with Gasteiger partial charge in [-0.3, -0.25) is 4.79 Å². The van der Waals surface area contributed by atoms with Gasteiger partial charge in [0.1, 0.15) is 11.3 Å². The van der Waals surface area contributed by atoms with Crippen LogP contribution in [0.4, 0.5) is 5.69 Å². The van der Waals surface area contributed by atoms with Crippen LogP contribution < -0.4 is 11.1 Å². The van der Waals surface area contributed by atoms with Gasteiger partial charge in [0.2, 0.25) is 0 Å². The Balaban J connectivity index is 1.86. The lowest BCUT2D eigenvalue weighted by Gasteiger charge is -2.15. The molecule has 3 rings (SSSR count). The number of methoxy groups -OCH3 is 1. The number of ether oxygens (including phenoxy) is 1. The molecule has 7 nitrogen and oxygen atoms in total. The van der Waals surface area contributed by atoms with Gasteiger partial charge in [0.25, 0.3) is 5.91 Å². The summed E-state index contributed by atoms with van der Waals surface area (Å²) in [5.41, 5.74) is 7.94. The Morgan fingerprint density at radius 2 is 2.08 bits per heavy atom. The van der Waals surface area contributed by atoms with Crippen LogP contribution in [-0.4, -0.2) is 29.0 Å². The number of hydrogen-bond donors (Lipinski definition) is 3. The molecular formula is C19H20N4O3. The number of nitrogens with one attached hydrogen (secondary N) is 2. The SMILES string of the molecule is COC(=O)c1cc2cc(NC(=O)C3=CC(C)(C)C=CC(N)=C3)cnc2[nH]1. The number of nitrogens with two attached hydrogens (primary N) is 1. The van der Waals surface area contributed by atoms with Crippen LogP contribution in [0.1, 0.15) is 24.3 Å². The number of aromatic nitrogens is 2. The van der Waals surface area contributed by atoms with Crippen molar-refractivity contribution in [2.75, 3.05) is 12.4 Å². The first-order valence-electron chi connectivity index (χ1n) is 8.05. The molecule has 2 aromatic heterocycles. The van der Waals surface area contributed by atoms with Gasteiger partial charge >= 0.3 is 5.97 Å². The highest BCUT2D eigenvalue weighted by Crippen LogP contribution is 2.26. The number of anilines is 1. The van der Waals surface area contributed by atoms with Crippen LogP contribution in [0.5, 0.6) is 0 Å². The van der Waals surface area contributed by atoms with E-state index in [4.69, 9.17) is 5.73 Å². The van der Waals surface area contributed by atoms with E-state index in [0.29, 0.717) is 33.7 Å². The number of allylic oxidation sites excluding steroid dienone is 3. The van der Waals surface area contributed by atoms with Gasteiger partial charge in [-0.15, -0.1) is 0 Å². The van der Waals surface area contributed by atoms with Crippen molar-refractivity contribution < 1.29 is 14.3 Å². The number of H-pyrrole nitrogens is 1. The van der Waals surface area contributed by atoms with Gasteiger partial charge in [-0.25, -0.2) is 9.78 Å². The molecule has 134 valence electrons. The summed E-state index contributed by atoms with van der Waals surface area (Å²) in [6, 6.07) is 3.36. The molecule has 1 aliphatic carbocycles. The van der Waals surface area contributed by atoms with E-state index in [1.54, 1.807) is 24.3 Å². The molecule has 1 aliphatic rings. The summed E-state index contributed by atoms with van der Waals surface area (Å²) >= 11 is 0. The summed E-state index contributed by atoms with van der Waals surface area (Å²) in [6.07, 6.45) is 8.75. The minimum atomic E-state index is -0.479. The monoisotopic (exact) mass is 352 g/mol. The lowest BCUT2D eigenvalue weighted by Crippen LogP contribution is -2.16. The number of nitrogens with zero attached hydrogens (tertiary/aromatic N) is 1. The van der Waals surface area contributed by atoms with Crippen LogP contribution >= 0.6 is 0 Å². The molecule has 0 saturated carbocycles. The van der Waals surface area contributed by atoms with Gasteiger partial charge < -0.3 is 20.8 Å². The van der Waals surface area contributed by atoms with Crippen molar-refractivity contribution in [3.05, 3.63) is 59.6 Å². The average Bonchev–Trinajstić information content (AvgIpc) is 2.95. The molecule has 0 bridgehead atoms. The molecule has 0 saturated heterocycles. The summed E-state index contributed by atoms with van der Waals surface area (Å²) in [4.78, 5) is 31.3. The number of amides is 1. The van der Waals surface area contributed by atoms with E-state index >= 15 is 0 Å². The Hall–Kier alpha value is -3.35. The first-order valence-corrected chi connectivity index (χ1v) is 8.05. The van der Waals surface area contributed by atoms with Crippen molar-refractivity contribution in [3.8, 4) is 0 Å². The van der Waals surface area contributed by atoms with Gasteiger partial charge in [-0.05, 0) is 24.3 Å². The van der Waals surface area contributed by atoms with E-state index < -0.39 is 5.97 Å². The van der Waals surface area contributed by atoms with Crippen molar-refractivity contribution in [3.63, 3.8) is 0 Å². The number of aromatic amines is 1. The summed E-state index contributed by atoms with van der Waals surface area (Å²) in [5.74, 6) is -0.762. The molecule has 0 fully saturated rings. The van der Waals surface area contributed by atoms with Crippen molar-refractivity contribution in [1.82, 2.24) is 9.97 Å². The van der Waals surface area contributed by atoms with Crippen molar-refractivity contribution in [2.24, 2.45) is 11.1 Å². The number of hydrogen-bond acceptors (Lipinski definition) is 5. The van der Waals surface area contributed by atoms with Crippen LogP contribution in [0.15, 0.2) is 53.9 Å². The Labute approximate surface area is 150 Å². The highest BCUT2D eigenvalue weighted by atomic mass is 16.5. The molecule has 0 unspecified atom stereocenters. The zero-order valence-corrected chi connectivity index (χ0v) is 14.8. The lowest BCUT2D eigenvalue weighted by atomic mass is 9.91. The average molecular weight is 352 g/mol. The van der Waals surface area contributed by atoms with Gasteiger partial charge in [-0.1, -0.05) is 26.0 Å². The van der Waals surface area contributed by atoms with E-state index in [1.807, 2.05) is 26.0 Å². The standard InChI is InChI=1S/C19H20N4O3/c1-19(2)5-4-13(20)6-12(9-19)17(24)22-14-7-11-8-15(18(25)26-3)23-16(11)21-10-14/h4-10H,20H2,1-3H3,(H,21,23)(H,22,24). The molecule has 4 N–H and O–H groups in total. The van der Waals surface area contributed by atoms with E-state index in [9.17, 15) is 9.59 Å². The fourth-order valence-corrected chi connectivity index (χ4v) is 2.67. The second-order valence-electron chi connectivity index (χ2n) is 6.69. The molecule has 2 aromatic rings. The molecule has 0 aliphatic heterocycles. The molecule has 2 heterocycles. The maximum absolute atomic E-state index is 12.6. The largest absolute Gasteiger partial charge is 0.464 e. The Morgan fingerprint density at radius 3 is 2.81 bits per heavy atom. The van der Waals surface area contributed by atoms with E-state index in [0.717, 1.165) is 0 Å². The highest BCUT2D eigenvalue weighted by Gasteiger charge is 2.18. The van der Waals surface area contributed by atoms with Crippen LogP contribution in [0.25, 0.3) is 11.0 Å². The third kappa shape index (κ3) is 3.66. The number of pyridine rings is 1. The fraction of sp³-hybridized carbons (Fsp3) is 0.211. The maximum Gasteiger partial charge on any atom is 0.354 e. The van der Waals surface area contributed by atoms with Crippen LogP contribution in [-0.2, 0) is 9.53 Å². The van der Waals surface area contributed by atoms with Crippen LogP contribution in [0.3, 0.4) is 0 Å². The van der Waals surface area contributed by atoms with E-state index in [2.05, 4.69) is 20.0 Å². The smallest absolute Gasteiger partial charge is 0.354 e. The van der Waals surface area contributed by atoms with Crippen molar-refractivity contribution in [2.45, 2.75) is 13.8 Å². The molecule has 0 aromatic carbocycles. The number of carbonyl (C=O) groups is 2. The third-order valence-corrected chi connectivity index (χ3v) is 3.95. The Morgan fingerprint density at radius 1 is 1.31 bits per heavy atom. The quantitative estimate of drug-likeness (QED) is 0.736. The first kappa shape index (κ1) is 17.5. The molecular weight excluding hydrogens is 332 g/mol. The Kier molecular flexibility index (Phi) is 4.38. The summed E-state index contributed by atoms with van der Waals surface area (Å²) in [5, 5.41) is 3.50. The molecule has 0 atom stereocenters. The number of fused-ring (bicyclic) bond motifs is 1.